The number of hydrogen-bond donors (Lipinski definition) is 0. The summed E-state index contributed by atoms with van der Waals surface area (Å²) < 4.78 is 0. The summed E-state index contributed by atoms with van der Waals surface area (Å²) in [5, 5.41) is 0. The quantitative estimate of drug-likeness (QED) is 0.386. The molecule has 0 amide bonds. The van der Waals surface area contributed by atoms with Gasteiger partial charge in [0, 0.05) is 0 Å². The van der Waals surface area contributed by atoms with Gasteiger partial charge in [-0.05, 0) is 11.0 Å². The van der Waals surface area contributed by atoms with E-state index in [2.05, 4.69) is 0 Å². The molecule has 0 spiro atoms. The fraction of sp³-hybridized carbons (Fsp3) is 0. The van der Waals surface area contributed by atoms with Gasteiger partial charge >= 0.3 is 52.6 Å². The summed E-state index contributed by atoms with van der Waals surface area (Å²) in [6.45, 7) is 0. The van der Waals surface area contributed by atoms with Crippen LogP contribution in [-0.2, 0) is 0 Å². The number of hydrogen-bond acceptors (Lipinski definition) is 0. The van der Waals surface area contributed by atoms with Crippen molar-refractivity contribution in [1.29, 1.82) is 0 Å². The van der Waals surface area contributed by atoms with Gasteiger partial charge in [0.15, 0.2) is 0 Å². The molecule has 0 N–H and O–H groups in total. The first-order valence-electron chi connectivity index (χ1n) is 0. The maximum atomic E-state index is 0. The van der Waals surface area contributed by atoms with Gasteiger partial charge in [-0.2, -0.15) is 0 Å². The van der Waals surface area contributed by atoms with Gasteiger partial charge in [-0.15, -0.1) is 0 Å². The van der Waals surface area contributed by atoms with Gasteiger partial charge in [0.2, 0.25) is 0 Å². The first kappa shape index (κ1) is 40.5. The summed E-state index contributed by atoms with van der Waals surface area (Å²) in [6, 6.07) is 0. The fourth-order valence-electron chi connectivity index (χ4n) is 0. The molecule has 0 fully saturated rings. The van der Waals surface area contributed by atoms with Crippen LogP contribution in [0.25, 0.3) is 0 Å². The molecule has 32 valence electrons. The standard InChI is InChI=1S/AsH3.GeH4.H2Se.H4Si/h1H3;1H4;1H2;1H4. The van der Waals surface area contributed by atoms with E-state index in [9.17, 15) is 0 Å². The molecule has 0 aromatic carbocycles. The number of rotatable bonds is 0. The van der Waals surface area contributed by atoms with Gasteiger partial charge in [0.25, 0.3) is 0 Å². The molecular formula is H13AsGeSeSi. The Morgan fingerprint density at radius 3 is 1.00 bits per heavy atom. The Labute approximate surface area is 63.3 Å². The summed E-state index contributed by atoms with van der Waals surface area (Å²) in [6.07, 6.45) is 0. The van der Waals surface area contributed by atoms with E-state index in [1.54, 1.807) is 0 Å². The van der Waals surface area contributed by atoms with Crippen molar-refractivity contribution in [1.82, 2.24) is 0 Å². The first-order valence-corrected chi connectivity index (χ1v) is 0. The Morgan fingerprint density at radius 2 is 1.00 bits per heavy atom. The second-order valence-corrected chi connectivity index (χ2v) is 0. The summed E-state index contributed by atoms with van der Waals surface area (Å²) in [7, 11) is 0. The van der Waals surface area contributed by atoms with Crippen LogP contribution >= 0.6 is 0 Å². The van der Waals surface area contributed by atoms with E-state index in [1.165, 1.54) is 0 Å². The van der Waals surface area contributed by atoms with Crippen molar-refractivity contribution in [3.8, 4) is 0 Å². The first-order chi connectivity index (χ1) is 0. The van der Waals surface area contributed by atoms with Crippen LogP contribution < -0.4 is 0 Å². The van der Waals surface area contributed by atoms with Crippen molar-refractivity contribution in [3.05, 3.63) is 0 Å². The second kappa shape index (κ2) is 21.1. The summed E-state index contributed by atoms with van der Waals surface area (Å²) in [5.74, 6) is 0. The monoisotopic (exact) mass is 270 g/mol. The van der Waals surface area contributed by atoms with Gasteiger partial charge in [0.05, 0.1) is 0 Å². The third-order valence-corrected chi connectivity index (χ3v) is 0. The topological polar surface area (TPSA) is 0 Å². The molecule has 0 bridgehead atoms. The molecular weight excluding hydrogens is 255 g/mol. The van der Waals surface area contributed by atoms with Crippen LogP contribution in [0.4, 0.5) is 0 Å². The molecule has 0 saturated carbocycles. The van der Waals surface area contributed by atoms with Crippen molar-refractivity contribution in [2.45, 2.75) is 0 Å². The Hall–Kier alpha value is 1.84. The van der Waals surface area contributed by atoms with Crippen LogP contribution in [0.1, 0.15) is 0 Å². The van der Waals surface area contributed by atoms with Crippen molar-refractivity contribution >= 4 is 63.6 Å². The van der Waals surface area contributed by atoms with Gasteiger partial charge in [-0.1, -0.05) is 0 Å². The Bertz CT molecular complexity index is 8.00. The average molecular weight is 268 g/mol. The molecule has 0 aromatic rings. The minimum absolute atomic E-state index is 0. The van der Waals surface area contributed by atoms with Gasteiger partial charge < -0.3 is 0 Å². The zero-order chi connectivity index (χ0) is 0. The van der Waals surface area contributed by atoms with Crippen LogP contribution in [0, 0.1) is 0 Å². The Balaban J connectivity index is 0. The van der Waals surface area contributed by atoms with Crippen molar-refractivity contribution in [2.75, 3.05) is 0 Å². The minimum atomic E-state index is 0. The molecule has 1 unspecified atom stereocenters. The van der Waals surface area contributed by atoms with E-state index in [-0.39, 0.29) is 63.6 Å². The maximum absolute atomic E-state index is 0. The predicted octanol–water partition coefficient (Wildman–Crippen LogP) is -5.00. The van der Waals surface area contributed by atoms with E-state index in [0.717, 1.165) is 0 Å². The van der Waals surface area contributed by atoms with Crippen LogP contribution in [0.15, 0.2) is 0 Å². The van der Waals surface area contributed by atoms with Crippen LogP contribution in [0.5, 0.6) is 0 Å². The smallest absolute Gasteiger partial charge is 0.0149 e. The van der Waals surface area contributed by atoms with E-state index >= 15 is 0 Å². The molecule has 0 radical (unpaired) electrons. The van der Waals surface area contributed by atoms with Gasteiger partial charge in [-0.3, -0.25) is 0 Å². The SMILES string of the molecule is [AsH3].[GeH4].[SeH2].[SiH4]. The molecule has 0 aromatic heterocycles. The average Bonchev–Trinajstić information content (AvgIpc) is 0. The molecule has 1 atom stereocenters. The largest absolute Gasteiger partial charge is 0.0149 e. The molecule has 0 aliphatic carbocycles. The van der Waals surface area contributed by atoms with Crippen molar-refractivity contribution in [3.63, 3.8) is 0 Å². The molecule has 0 aliphatic heterocycles. The van der Waals surface area contributed by atoms with Crippen molar-refractivity contribution in [2.24, 2.45) is 0 Å². The van der Waals surface area contributed by atoms with Gasteiger partial charge in [-0.25, -0.2) is 0 Å². The zero-order valence-electron chi connectivity index (χ0n) is 1.21. The Morgan fingerprint density at radius 1 is 1.00 bits per heavy atom. The third-order valence-electron chi connectivity index (χ3n) is 0. The second-order valence-electron chi connectivity index (χ2n) is 0. The molecule has 0 rings (SSSR count). The normalized spacial score (nSPS) is 0. The molecule has 4 heavy (non-hydrogen) atoms. The summed E-state index contributed by atoms with van der Waals surface area (Å²) in [4.78, 5) is 0. The van der Waals surface area contributed by atoms with E-state index < -0.39 is 0 Å². The van der Waals surface area contributed by atoms with E-state index in [0.29, 0.717) is 0 Å². The fourth-order valence-corrected chi connectivity index (χ4v) is 0. The molecule has 0 saturated heterocycles. The predicted molar refractivity (Wildman–Crippen MR) is 41.2 cm³/mol. The van der Waals surface area contributed by atoms with Crippen LogP contribution in [-0.4, -0.2) is 63.6 Å². The van der Waals surface area contributed by atoms with Gasteiger partial charge in [0.1, 0.15) is 0 Å². The zero-order valence-corrected chi connectivity index (χ0v) is 6.27. The minimum Gasteiger partial charge on any atom is -0.0149 e. The van der Waals surface area contributed by atoms with Crippen LogP contribution in [0.2, 0.25) is 0 Å². The molecule has 0 heterocycles. The van der Waals surface area contributed by atoms with E-state index in [1.807, 2.05) is 0 Å². The Kier molecular flexibility index (Phi) is 213. The van der Waals surface area contributed by atoms with Crippen LogP contribution in [0.3, 0.4) is 0 Å². The third kappa shape index (κ3) is 9.15. The molecule has 4 heteroatoms. The van der Waals surface area contributed by atoms with Crippen molar-refractivity contribution < 1.29 is 0 Å². The summed E-state index contributed by atoms with van der Waals surface area (Å²) >= 11 is 0. The molecule has 0 nitrogen and oxygen atoms in total. The summed E-state index contributed by atoms with van der Waals surface area (Å²) in [5.41, 5.74) is 0. The molecule has 0 aliphatic rings. The van der Waals surface area contributed by atoms with E-state index in [4.69, 9.17) is 0 Å². The maximum Gasteiger partial charge on any atom is -0.0149 e.